The lowest BCUT2D eigenvalue weighted by atomic mass is 10.2. The van der Waals surface area contributed by atoms with E-state index in [1.54, 1.807) is 20.3 Å². The van der Waals surface area contributed by atoms with E-state index in [9.17, 15) is 42.8 Å². The molecule has 0 bridgehead atoms. The number of carbonyl (C=O) groups is 5. The van der Waals surface area contributed by atoms with Crippen LogP contribution < -0.4 is 72.5 Å². The number of aliphatic imine (C=N–C) groups is 4. The Hall–Kier alpha value is -8.03. The number of hydrogen-bond donors (Lipinski definition) is 14. The van der Waals surface area contributed by atoms with Crippen molar-refractivity contribution in [2.24, 2.45) is 94.0 Å². The molecule has 0 saturated carbocycles. The van der Waals surface area contributed by atoms with Crippen molar-refractivity contribution in [1.82, 2.24) is 33.6 Å². The highest BCUT2D eigenvalue weighted by Gasteiger charge is 2.32. The summed E-state index contributed by atoms with van der Waals surface area (Å²) in [5.41, 5.74) is 45.4. The number of aliphatic hydroxyl groups is 1. The van der Waals surface area contributed by atoms with Gasteiger partial charge >= 0.3 is 32.1 Å². The molecule has 114 heavy (non-hydrogen) atoms. The average molecular weight is 1700 g/mol. The van der Waals surface area contributed by atoms with Gasteiger partial charge in [-0.15, -0.1) is 0 Å². The molecule has 0 aliphatic rings. The highest BCUT2D eigenvalue weighted by molar-refractivity contribution is 7.49. The molecule has 0 aliphatic carbocycles. The van der Waals surface area contributed by atoms with Crippen LogP contribution in [0.5, 0.6) is 0 Å². The highest BCUT2D eigenvalue weighted by Crippen LogP contribution is 2.53. The first-order valence-electron chi connectivity index (χ1n) is 37.1. The molecule has 4 unspecified atom stereocenters. The molecule has 4 rings (SSSR count). The molecule has 0 radical (unpaired) electrons. The van der Waals surface area contributed by atoms with Crippen LogP contribution >= 0.6 is 32.1 Å². The second-order valence-electron chi connectivity index (χ2n) is 25.1. The molecule has 4 atom stereocenters. The summed E-state index contributed by atoms with van der Waals surface area (Å²) in [4.78, 5) is 89.9. The minimum absolute atomic E-state index is 0.00253. The van der Waals surface area contributed by atoms with Gasteiger partial charge in [0.25, 0.3) is 23.6 Å². The topological polar surface area (TPSA) is 640 Å². The highest BCUT2D eigenvalue weighted by atomic mass is 31.2. The van der Waals surface area contributed by atoms with Gasteiger partial charge in [0.05, 0.1) is 104 Å². The number of nitrogens with one attached hydrogen (secondary N) is 5. The van der Waals surface area contributed by atoms with Crippen molar-refractivity contribution in [3.05, 3.63) is 60.0 Å². The number of unbranched alkanes of at least 4 members (excludes halogenated alkanes) is 12. The van der Waals surface area contributed by atoms with Gasteiger partial charge in [-0.05, 0) is 70.4 Å². The Balaban J connectivity index is 1.31. The van der Waals surface area contributed by atoms with Gasteiger partial charge in [-0.3, -0.25) is 84.7 Å². The number of phosphoric acid groups is 3. The zero-order chi connectivity index (χ0) is 83.6. The first-order valence-corrected chi connectivity index (χ1v) is 42.5. The van der Waals surface area contributed by atoms with Crippen molar-refractivity contribution >= 4 is 108 Å². The fourth-order valence-corrected chi connectivity index (χ4v) is 14.3. The van der Waals surface area contributed by atoms with Gasteiger partial charge in [-0.25, -0.2) is 23.7 Å². The second kappa shape index (κ2) is 55.5. The number of aryl methyl sites for hydroxylation is 5. The van der Waals surface area contributed by atoms with Crippen LogP contribution in [0.4, 0.5) is 23.0 Å². The molecule has 644 valence electrons. The Labute approximate surface area is 664 Å². The van der Waals surface area contributed by atoms with Gasteiger partial charge in [0.1, 0.15) is 12.3 Å². The molecule has 4 heterocycles. The quantitative estimate of drug-likeness (QED) is 0.0126. The molecule has 0 fully saturated rings. The molecule has 22 N–H and O–H groups in total. The van der Waals surface area contributed by atoms with E-state index in [0.717, 1.165) is 44.2 Å². The lowest BCUT2D eigenvalue weighted by Crippen LogP contribution is -2.29. The van der Waals surface area contributed by atoms with E-state index in [0.29, 0.717) is 96.1 Å². The van der Waals surface area contributed by atoms with E-state index < -0.39 is 101 Å². The molecular formula is C65H117N23O22P4. The van der Waals surface area contributed by atoms with Crippen LogP contribution in [0.2, 0.25) is 0 Å². The summed E-state index contributed by atoms with van der Waals surface area (Å²) in [5, 5.41) is 22.7. The van der Waals surface area contributed by atoms with Crippen molar-refractivity contribution in [3.8, 4) is 0 Å². The van der Waals surface area contributed by atoms with Gasteiger partial charge in [0, 0.05) is 97.8 Å². The SMILES string of the molecule is Cc1cc(NC(=O)c2nc(NC(=O)CCNC(=O)c3cc(NC(=O)c4nc(NC(=O)COCCOP(=O)(OCCCCCCN=C(N)N)OCCOP(=O)(OCCCCCCN=C(N)N)OCCOP(OCCCCCCN=C(N)N)OCCOP(=O)(OCCO)OCCCCCCN=C(N)N)cn4C)cn3C)cn2C)cn1C. The van der Waals surface area contributed by atoms with Crippen molar-refractivity contribution in [2.45, 2.75) is 116 Å². The summed E-state index contributed by atoms with van der Waals surface area (Å²) in [5.74, 6) is -2.81. The molecular weight excluding hydrogens is 1580 g/mol. The fourth-order valence-electron chi connectivity index (χ4n) is 9.78. The molecule has 0 spiro atoms. The van der Waals surface area contributed by atoms with E-state index >= 15 is 0 Å². The van der Waals surface area contributed by atoms with Gasteiger partial charge in [-0.2, -0.15) is 0 Å². The van der Waals surface area contributed by atoms with Gasteiger partial charge in [-0.1, -0.05) is 51.4 Å². The molecule has 0 aromatic carbocycles. The number of phosphoric ester groups is 3. The monoisotopic (exact) mass is 1700 g/mol. The largest absolute Gasteiger partial charge is 0.474 e. The molecule has 49 heteroatoms. The summed E-state index contributed by atoms with van der Waals surface area (Å²) in [6.45, 7) is -0.606. The zero-order valence-corrected chi connectivity index (χ0v) is 69.1. The first kappa shape index (κ1) is 98.3. The third-order valence-electron chi connectivity index (χ3n) is 15.4. The molecule has 4 aromatic heterocycles. The number of aromatic nitrogens is 6. The zero-order valence-electron chi connectivity index (χ0n) is 65.5. The Morgan fingerprint density at radius 1 is 0.421 bits per heavy atom. The van der Waals surface area contributed by atoms with Gasteiger partial charge < -0.3 is 114 Å². The summed E-state index contributed by atoms with van der Waals surface area (Å²) >= 11 is 0. The average Bonchev–Trinajstić information content (AvgIpc) is 1.76. The number of nitrogens with two attached hydrogens (primary N) is 8. The summed E-state index contributed by atoms with van der Waals surface area (Å²) in [7, 11) is -8.60. The van der Waals surface area contributed by atoms with Crippen LogP contribution in [0.3, 0.4) is 0 Å². The second-order valence-corrected chi connectivity index (χ2v) is 31.3. The van der Waals surface area contributed by atoms with Crippen molar-refractivity contribution in [1.29, 1.82) is 0 Å². The van der Waals surface area contributed by atoms with E-state index in [4.69, 9.17) is 105 Å². The Kier molecular flexibility index (Phi) is 47.9. The van der Waals surface area contributed by atoms with Crippen LogP contribution in [0.15, 0.2) is 56.9 Å². The number of nitrogens with zero attached hydrogens (tertiary/aromatic N) is 10. The number of hydrogen-bond acceptors (Lipinski definition) is 28. The number of imidazole rings is 2. The van der Waals surface area contributed by atoms with E-state index in [-0.39, 0.29) is 131 Å². The van der Waals surface area contributed by atoms with Crippen LogP contribution in [0.1, 0.15) is 147 Å². The normalized spacial score (nSPS) is 13.2. The standard InChI is InChI=1S/C65H117N23O22P4/c1-49-42-50(44-85(49)2)79-60(93)57-83-53(46-87(57)4)81-55(90)22-27-74-59(92)52-43-51(45-86(52)3)80-61(94)58-84-54(47-88(58)5)82-56(91)48-98-34-37-106-113(96,103-31-20-12-8-16-25-77-64(70)71)109-40-41-110-114(97,104-32-21-13-9-17-26-78-65(72)73)108-39-36-101-111(99-29-18-10-6-14-23-75-62(66)67)100-35-38-107-112(95,105-33-28-89)102-30-19-11-7-15-24-76-63(68)69/h42-47,89H,6-41,48H2,1-5H3,(H,74,92)(H,79,93)(H,80,94)(H,81,90)(H,82,91)(H4,66,67,75)(H4,68,69,76)(H4,70,71,77)(H4,72,73,78). The van der Waals surface area contributed by atoms with Crippen LogP contribution in [-0.2, 0) is 110 Å². The van der Waals surface area contributed by atoms with Crippen LogP contribution in [-0.4, -0.2) is 219 Å². The fraction of sp³-hybridized carbons (Fsp3) is 0.646. The van der Waals surface area contributed by atoms with Gasteiger partial charge in [0.15, 0.2) is 35.5 Å². The number of rotatable bonds is 66. The van der Waals surface area contributed by atoms with Crippen LogP contribution in [0, 0.1) is 6.92 Å². The van der Waals surface area contributed by atoms with Crippen molar-refractivity contribution in [3.63, 3.8) is 0 Å². The Morgan fingerprint density at radius 3 is 1.19 bits per heavy atom. The Bertz CT molecular complexity index is 3780. The first-order chi connectivity index (χ1) is 54.5. The lowest BCUT2D eigenvalue weighted by Gasteiger charge is -2.21. The summed E-state index contributed by atoms with van der Waals surface area (Å²) in [6, 6.07) is 3.23. The molecule has 0 saturated heterocycles. The number of guanidine groups is 4. The van der Waals surface area contributed by atoms with E-state index in [1.165, 1.54) is 45.4 Å². The summed E-state index contributed by atoms with van der Waals surface area (Å²) < 4.78 is 122. The predicted octanol–water partition coefficient (Wildman–Crippen LogP) is 4.44. The number of amides is 5. The minimum atomic E-state index is -4.45. The van der Waals surface area contributed by atoms with Gasteiger partial charge in [0.2, 0.25) is 17.6 Å². The third-order valence-corrected chi connectivity index (χ3v) is 21.0. The summed E-state index contributed by atoms with van der Waals surface area (Å²) in [6.07, 6.45) is 16.5. The predicted molar refractivity (Wildman–Crippen MR) is 428 cm³/mol. The molecule has 5 amide bonds. The maximum absolute atomic E-state index is 14.3. The van der Waals surface area contributed by atoms with E-state index in [1.807, 2.05) is 24.6 Å². The number of aliphatic hydroxyl groups excluding tert-OH is 1. The molecule has 4 aromatic rings. The number of anilines is 4. The van der Waals surface area contributed by atoms with Crippen molar-refractivity contribution in [2.75, 3.05) is 153 Å². The lowest BCUT2D eigenvalue weighted by molar-refractivity contribution is -0.121. The molecule has 0 aliphatic heterocycles. The Morgan fingerprint density at radius 2 is 0.781 bits per heavy atom. The maximum Gasteiger partial charge on any atom is 0.474 e. The smallest absolute Gasteiger partial charge is 0.394 e. The van der Waals surface area contributed by atoms with Crippen molar-refractivity contribution < 1.29 is 102 Å². The maximum atomic E-state index is 14.3. The molecule has 45 nitrogen and oxygen atoms in total. The van der Waals surface area contributed by atoms with Crippen LogP contribution in [0.25, 0.3) is 0 Å². The van der Waals surface area contributed by atoms with E-state index in [2.05, 4.69) is 56.5 Å². The minimum Gasteiger partial charge on any atom is -0.394 e. The number of ether oxygens (including phenoxy) is 1. The third kappa shape index (κ3) is 43.1. The number of carbonyl (C=O) groups excluding carboxylic acids is 5.